The molecule has 2 heteroatoms. The highest BCUT2D eigenvalue weighted by atomic mass is 16.3. The maximum Gasteiger partial charge on any atom is 0.0555 e. The van der Waals surface area contributed by atoms with Crippen LogP contribution >= 0.6 is 0 Å². The first-order valence-electron chi connectivity index (χ1n) is 7.70. The second kappa shape index (κ2) is 4.89. The van der Waals surface area contributed by atoms with Crippen molar-refractivity contribution < 1.29 is 5.11 Å². The third-order valence-electron chi connectivity index (χ3n) is 5.67. The lowest BCUT2D eigenvalue weighted by Gasteiger charge is -2.46. The minimum Gasteiger partial charge on any atom is -0.393 e. The van der Waals surface area contributed by atoms with Crippen LogP contribution in [0.15, 0.2) is 0 Å². The Bertz CT molecular complexity index is 250. The zero-order valence-electron chi connectivity index (χ0n) is 11.0. The first-order valence-corrected chi connectivity index (χ1v) is 7.70. The highest BCUT2D eigenvalue weighted by Crippen LogP contribution is 2.45. The molecular weight excluding hydrogens is 210 g/mol. The number of aliphatic hydroxyl groups excluding tert-OH is 1. The average molecular weight is 237 g/mol. The van der Waals surface area contributed by atoms with E-state index >= 15 is 0 Å². The van der Waals surface area contributed by atoms with E-state index in [1.807, 2.05) is 0 Å². The minimum atomic E-state index is -0.00873. The van der Waals surface area contributed by atoms with Crippen molar-refractivity contribution in [1.29, 1.82) is 0 Å². The summed E-state index contributed by atoms with van der Waals surface area (Å²) in [6.07, 6.45) is 13.6. The summed E-state index contributed by atoms with van der Waals surface area (Å²) in [7, 11) is 0. The third kappa shape index (κ3) is 2.53. The van der Waals surface area contributed by atoms with Gasteiger partial charge >= 0.3 is 0 Å². The van der Waals surface area contributed by atoms with Gasteiger partial charge in [0, 0.05) is 6.04 Å². The van der Waals surface area contributed by atoms with Crippen LogP contribution < -0.4 is 0 Å². The molecule has 2 nitrogen and oxygen atoms in total. The lowest BCUT2D eigenvalue weighted by molar-refractivity contribution is 0.0427. The van der Waals surface area contributed by atoms with Crippen molar-refractivity contribution in [2.45, 2.75) is 76.4 Å². The van der Waals surface area contributed by atoms with Crippen LogP contribution in [0.1, 0.15) is 64.2 Å². The maximum atomic E-state index is 9.65. The molecule has 0 amide bonds. The number of aliphatic hydroxyl groups is 1. The first kappa shape index (κ1) is 12.0. The topological polar surface area (TPSA) is 23.5 Å². The fourth-order valence-corrected chi connectivity index (χ4v) is 4.43. The van der Waals surface area contributed by atoms with E-state index in [9.17, 15) is 5.11 Å². The summed E-state index contributed by atoms with van der Waals surface area (Å²) in [5.41, 5.74) is 0.728. The lowest BCUT2D eigenvalue weighted by atomic mass is 9.68. The smallest absolute Gasteiger partial charge is 0.0555 e. The SMILES string of the molecule is OC1CCC(N2CCC3(CCCCC3)CC2)C1. The molecule has 0 aromatic heterocycles. The molecule has 1 N–H and O–H groups in total. The van der Waals surface area contributed by atoms with Gasteiger partial charge < -0.3 is 10.0 Å². The summed E-state index contributed by atoms with van der Waals surface area (Å²) in [6, 6.07) is 0.700. The molecule has 2 aliphatic carbocycles. The van der Waals surface area contributed by atoms with Crippen molar-refractivity contribution in [3.8, 4) is 0 Å². The molecular formula is C15H27NO. The van der Waals surface area contributed by atoms with Gasteiger partial charge in [0.05, 0.1) is 6.10 Å². The van der Waals surface area contributed by atoms with Crippen LogP contribution in [-0.2, 0) is 0 Å². The molecule has 3 aliphatic rings. The molecule has 1 aliphatic heterocycles. The standard InChI is InChI=1S/C15H27NO/c17-14-5-4-13(12-14)16-10-8-15(9-11-16)6-2-1-3-7-15/h13-14,17H,1-12H2. The van der Waals surface area contributed by atoms with Gasteiger partial charge in [-0.15, -0.1) is 0 Å². The molecule has 0 bridgehead atoms. The highest BCUT2D eigenvalue weighted by molar-refractivity contribution is 4.92. The van der Waals surface area contributed by atoms with Crippen molar-refractivity contribution in [2.24, 2.45) is 5.41 Å². The minimum absolute atomic E-state index is 0.00873. The van der Waals surface area contributed by atoms with E-state index in [4.69, 9.17) is 0 Å². The van der Waals surface area contributed by atoms with Gasteiger partial charge in [-0.05, 0) is 63.5 Å². The quantitative estimate of drug-likeness (QED) is 0.758. The molecule has 1 saturated heterocycles. The van der Waals surface area contributed by atoms with E-state index in [-0.39, 0.29) is 6.10 Å². The molecule has 1 spiro atoms. The molecule has 2 unspecified atom stereocenters. The Morgan fingerprint density at radius 3 is 2.18 bits per heavy atom. The summed E-state index contributed by atoms with van der Waals surface area (Å²) >= 11 is 0. The molecule has 2 atom stereocenters. The Morgan fingerprint density at radius 2 is 1.59 bits per heavy atom. The maximum absolute atomic E-state index is 9.65. The second-order valence-electron chi connectivity index (χ2n) is 6.72. The van der Waals surface area contributed by atoms with E-state index in [2.05, 4.69) is 4.90 Å². The van der Waals surface area contributed by atoms with Gasteiger partial charge in [0.25, 0.3) is 0 Å². The van der Waals surface area contributed by atoms with Crippen molar-refractivity contribution in [1.82, 2.24) is 4.90 Å². The van der Waals surface area contributed by atoms with E-state index in [1.54, 1.807) is 0 Å². The zero-order valence-corrected chi connectivity index (χ0v) is 11.0. The van der Waals surface area contributed by atoms with Crippen LogP contribution in [-0.4, -0.2) is 35.2 Å². The van der Waals surface area contributed by atoms with Gasteiger partial charge in [-0.1, -0.05) is 19.3 Å². The number of rotatable bonds is 1. The van der Waals surface area contributed by atoms with Crippen LogP contribution in [0, 0.1) is 5.41 Å². The Labute approximate surface area is 105 Å². The predicted molar refractivity (Wildman–Crippen MR) is 70.0 cm³/mol. The van der Waals surface area contributed by atoms with E-state index in [1.165, 1.54) is 64.5 Å². The molecule has 17 heavy (non-hydrogen) atoms. The summed E-state index contributed by atoms with van der Waals surface area (Å²) in [6.45, 7) is 2.61. The van der Waals surface area contributed by atoms with Crippen LogP contribution in [0.4, 0.5) is 0 Å². The average Bonchev–Trinajstić information content (AvgIpc) is 2.78. The van der Waals surface area contributed by atoms with E-state index in [0.29, 0.717) is 6.04 Å². The zero-order chi connectivity index (χ0) is 11.7. The fourth-order valence-electron chi connectivity index (χ4n) is 4.43. The number of hydrogen-bond acceptors (Lipinski definition) is 2. The predicted octanol–water partition coefficient (Wildman–Crippen LogP) is 2.95. The molecule has 2 saturated carbocycles. The van der Waals surface area contributed by atoms with Crippen LogP contribution in [0.5, 0.6) is 0 Å². The molecule has 0 aromatic carbocycles. The normalized spacial score (nSPS) is 38.6. The van der Waals surface area contributed by atoms with Crippen molar-refractivity contribution in [3.05, 3.63) is 0 Å². The molecule has 3 rings (SSSR count). The monoisotopic (exact) mass is 237 g/mol. The fraction of sp³-hybridized carbons (Fsp3) is 1.00. The van der Waals surface area contributed by atoms with Gasteiger partial charge in [-0.25, -0.2) is 0 Å². The number of piperidine rings is 1. The number of likely N-dealkylation sites (tertiary alicyclic amines) is 1. The summed E-state index contributed by atoms with van der Waals surface area (Å²) in [4.78, 5) is 2.68. The molecule has 1 heterocycles. The molecule has 0 aromatic rings. The number of hydrogen-bond donors (Lipinski definition) is 1. The Balaban J connectivity index is 1.53. The lowest BCUT2D eigenvalue weighted by Crippen LogP contribution is -2.45. The van der Waals surface area contributed by atoms with Crippen LogP contribution in [0.25, 0.3) is 0 Å². The van der Waals surface area contributed by atoms with E-state index in [0.717, 1.165) is 18.3 Å². The van der Waals surface area contributed by atoms with Gasteiger partial charge in [0.15, 0.2) is 0 Å². The first-order chi connectivity index (χ1) is 8.27. The summed E-state index contributed by atoms with van der Waals surface area (Å²) in [5.74, 6) is 0. The summed E-state index contributed by atoms with van der Waals surface area (Å²) < 4.78 is 0. The third-order valence-corrected chi connectivity index (χ3v) is 5.67. The van der Waals surface area contributed by atoms with Gasteiger partial charge in [0.1, 0.15) is 0 Å². The molecule has 98 valence electrons. The van der Waals surface area contributed by atoms with Gasteiger partial charge in [0.2, 0.25) is 0 Å². The van der Waals surface area contributed by atoms with Crippen molar-refractivity contribution >= 4 is 0 Å². The van der Waals surface area contributed by atoms with E-state index < -0.39 is 0 Å². The Kier molecular flexibility index (Phi) is 3.45. The van der Waals surface area contributed by atoms with Crippen LogP contribution in [0.2, 0.25) is 0 Å². The van der Waals surface area contributed by atoms with Crippen molar-refractivity contribution in [2.75, 3.05) is 13.1 Å². The molecule has 3 fully saturated rings. The van der Waals surface area contributed by atoms with Gasteiger partial charge in [-0.2, -0.15) is 0 Å². The van der Waals surface area contributed by atoms with Crippen LogP contribution in [0.3, 0.4) is 0 Å². The largest absolute Gasteiger partial charge is 0.393 e. The highest BCUT2D eigenvalue weighted by Gasteiger charge is 2.38. The Hall–Kier alpha value is -0.0800. The summed E-state index contributed by atoms with van der Waals surface area (Å²) in [5, 5.41) is 9.65. The Morgan fingerprint density at radius 1 is 0.882 bits per heavy atom. The number of nitrogens with zero attached hydrogens (tertiary/aromatic N) is 1. The van der Waals surface area contributed by atoms with Crippen molar-refractivity contribution in [3.63, 3.8) is 0 Å². The second-order valence-corrected chi connectivity index (χ2v) is 6.72. The van der Waals surface area contributed by atoms with Gasteiger partial charge in [-0.3, -0.25) is 0 Å². The molecule has 0 radical (unpaired) electrons.